The Hall–Kier alpha value is -4.32. The molecule has 0 amide bonds. The number of hydrogen-bond donors (Lipinski definition) is 2. The van der Waals surface area contributed by atoms with Crippen LogP contribution in [0.2, 0.25) is 0 Å². The average molecular weight is 398 g/mol. The van der Waals surface area contributed by atoms with Gasteiger partial charge < -0.3 is 20.9 Å². The summed E-state index contributed by atoms with van der Waals surface area (Å²) < 4.78 is 11.2. The molecule has 30 heavy (non-hydrogen) atoms. The van der Waals surface area contributed by atoms with Gasteiger partial charge in [0.05, 0.1) is 11.1 Å². The highest BCUT2D eigenvalue weighted by atomic mass is 16.5. The van der Waals surface area contributed by atoms with E-state index in [1.165, 1.54) is 0 Å². The fourth-order valence-corrected chi connectivity index (χ4v) is 3.08. The largest absolute Gasteiger partial charge is 0.422 e. The molecule has 0 bridgehead atoms. The summed E-state index contributed by atoms with van der Waals surface area (Å²) in [6.07, 6.45) is 0. The number of ether oxygens (including phenoxy) is 2. The molecule has 0 aliphatic carbocycles. The smallest absolute Gasteiger partial charge is 0.343 e. The molecule has 0 unspecified atom stereocenters. The maximum atomic E-state index is 12.5. The summed E-state index contributed by atoms with van der Waals surface area (Å²) in [5.41, 5.74) is 13.1. The molecule has 4 aromatic carbocycles. The van der Waals surface area contributed by atoms with Crippen LogP contribution in [0.25, 0.3) is 10.8 Å². The number of carbonyl (C=O) groups excluding carboxylic acids is 2. The summed E-state index contributed by atoms with van der Waals surface area (Å²) in [7, 11) is 0. The van der Waals surface area contributed by atoms with Crippen molar-refractivity contribution in [2.45, 2.75) is 0 Å². The zero-order valence-electron chi connectivity index (χ0n) is 15.9. The maximum Gasteiger partial charge on any atom is 0.343 e. The molecule has 0 atom stereocenters. The van der Waals surface area contributed by atoms with Crippen molar-refractivity contribution in [3.05, 3.63) is 96.1 Å². The van der Waals surface area contributed by atoms with Crippen LogP contribution in [-0.2, 0) is 0 Å². The van der Waals surface area contributed by atoms with Crippen LogP contribution in [0.5, 0.6) is 11.5 Å². The second-order valence-electron chi connectivity index (χ2n) is 6.64. The quantitative estimate of drug-likeness (QED) is 0.299. The highest BCUT2D eigenvalue weighted by molar-refractivity contribution is 6.00. The van der Waals surface area contributed by atoms with Gasteiger partial charge in [-0.2, -0.15) is 0 Å². The summed E-state index contributed by atoms with van der Waals surface area (Å²) in [5.74, 6) is -0.363. The molecular formula is C24H18N2O4. The fourth-order valence-electron chi connectivity index (χ4n) is 3.08. The molecule has 148 valence electrons. The highest BCUT2D eigenvalue weighted by Gasteiger charge is 2.15. The summed E-state index contributed by atoms with van der Waals surface area (Å²) >= 11 is 0. The van der Waals surface area contributed by atoms with E-state index in [0.717, 1.165) is 0 Å². The van der Waals surface area contributed by atoms with E-state index in [1.807, 2.05) is 0 Å². The van der Waals surface area contributed by atoms with Crippen LogP contribution in [0, 0.1) is 0 Å². The monoisotopic (exact) mass is 398 g/mol. The van der Waals surface area contributed by atoms with Crippen LogP contribution in [0.15, 0.2) is 84.9 Å². The van der Waals surface area contributed by atoms with Crippen LogP contribution < -0.4 is 20.9 Å². The number of hydrogen-bond acceptors (Lipinski definition) is 6. The van der Waals surface area contributed by atoms with E-state index in [1.54, 1.807) is 84.9 Å². The van der Waals surface area contributed by atoms with Crippen molar-refractivity contribution in [3.8, 4) is 11.5 Å². The van der Waals surface area contributed by atoms with Crippen LogP contribution in [-0.4, -0.2) is 11.9 Å². The molecule has 0 spiro atoms. The zero-order valence-corrected chi connectivity index (χ0v) is 15.9. The van der Waals surface area contributed by atoms with Gasteiger partial charge in [-0.25, -0.2) is 9.59 Å². The second-order valence-corrected chi connectivity index (χ2v) is 6.64. The van der Waals surface area contributed by atoms with Crippen molar-refractivity contribution >= 4 is 34.1 Å². The van der Waals surface area contributed by atoms with Gasteiger partial charge in [0.25, 0.3) is 0 Å². The fraction of sp³-hybridized carbons (Fsp3) is 0. The van der Waals surface area contributed by atoms with Gasteiger partial charge in [0.2, 0.25) is 0 Å². The lowest BCUT2D eigenvalue weighted by molar-refractivity contribution is 0.0725. The van der Waals surface area contributed by atoms with E-state index in [9.17, 15) is 9.59 Å². The molecule has 0 radical (unpaired) electrons. The van der Waals surface area contributed by atoms with E-state index in [2.05, 4.69) is 0 Å². The van der Waals surface area contributed by atoms with E-state index in [4.69, 9.17) is 20.9 Å². The average Bonchev–Trinajstić information content (AvgIpc) is 2.74. The Balaban J connectivity index is 1.64. The molecule has 4 aromatic rings. The highest BCUT2D eigenvalue weighted by Crippen LogP contribution is 2.33. The molecule has 0 aliphatic rings. The predicted molar refractivity (Wildman–Crippen MR) is 116 cm³/mol. The molecule has 4 N–H and O–H groups in total. The number of esters is 2. The molecule has 0 heterocycles. The molecule has 0 saturated carbocycles. The Bertz CT molecular complexity index is 1170. The number of nitrogen functional groups attached to an aromatic ring is 2. The first-order valence-corrected chi connectivity index (χ1v) is 9.18. The number of anilines is 2. The van der Waals surface area contributed by atoms with Gasteiger partial charge in [-0.3, -0.25) is 0 Å². The van der Waals surface area contributed by atoms with Gasteiger partial charge in [0.15, 0.2) is 0 Å². The first kappa shape index (κ1) is 19.0. The van der Waals surface area contributed by atoms with E-state index in [-0.39, 0.29) is 0 Å². The SMILES string of the molecule is Nc1cccc(C(=O)Oc2cccc3c(OC(=O)c4cccc(N)c4)cccc23)c1. The first-order valence-electron chi connectivity index (χ1n) is 9.18. The van der Waals surface area contributed by atoms with Crippen molar-refractivity contribution in [1.82, 2.24) is 0 Å². The third kappa shape index (κ3) is 3.93. The number of carbonyl (C=O) groups is 2. The van der Waals surface area contributed by atoms with Crippen LogP contribution in [0.1, 0.15) is 20.7 Å². The summed E-state index contributed by atoms with van der Waals surface area (Å²) in [4.78, 5) is 25.0. The van der Waals surface area contributed by atoms with Crippen molar-refractivity contribution < 1.29 is 19.1 Å². The number of rotatable bonds is 4. The molecule has 4 rings (SSSR count). The third-order valence-electron chi connectivity index (χ3n) is 4.49. The number of nitrogens with two attached hydrogens (primary N) is 2. The minimum Gasteiger partial charge on any atom is -0.422 e. The lowest BCUT2D eigenvalue weighted by Gasteiger charge is -2.11. The van der Waals surface area contributed by atoms with E-state index >= 15 is 0 Å². The molecular weight excluding hydrogens is 380 g/mol. The second kappa shape index (κ2) is 7.97. The third-order valence-corrected chi connectivity index (χ3v) is 4.49. The van der Waals surface area contributed by atoms with E-state index < -0.39 is 11.9 Å². The van der Waals surface area contributed by atoms with Crippen LogP contribution in [0.4, 0.5) is 11.4 Å². The minimum atomic E-state index is -0.531. The Morgan fingerprint density at radius 3 is 1.37 bits per heavy atom. The molecule has 6 heteroatoms. The van der Waals surface area contributed by atoms with Gasteiger partial charge in [0, 0.05) is 22.1 Å². The van der Waals surface area contributed by atoms with Crippen LogP contribution >= 0.6 is 0 Å². The van der Waals surface area contributed by atoms with Crippen molar-refractivity contribution in [2.24, 2.45) is 0 Å². The van der Waals surface area contributed by atoms with Gasteiger partial charge in [-0.1, -0.05) is 36.4 Å². The Morgan fingerprint density at radius 1 is 0.567 bits per heavy atom. The molecule has 0 aliphatic heterocycles. The first-order chi connectivity index (χ1) is 14.5. The zero-order chi connectivity index (χ0) is 21.1. The molecule has 0 aromatic heterocycles. The van der Waals surface area contributed by atoms with Gasteiger partial charge >= 0.3 is 11.9 Å². The molecule has 0 fully saturated rings. The molecule has 6 nitrogen and oxygen atoms in total. The Labute approximate surface area is 172 Å². The van der Waals surface area contributed by atoms with Gasteiger partial charge in [-0.15, -0.1) is 0 Å². The minimum absolute atomic E-state index is 0.344. The lowest BCUT2D eigenvalue weighted by Crippen LogP contribution is -2.10. The predicted octanol–water partition coefficient (Wildman–Crippen LogP) is 4.44. The van der Waals surface area contributed by atoms with Crippen LogP contribution in [0.3, 0.4) is 0 Å². The summed E-state index contributed by atoms with van der Waals surface area (Å²) in [6.45, 7) is 0. The van der Waals surface area contributed by atoms with E-state index in [0.29, 0.717) is 44.8 Å². The molecule has 0 saturated heterocycles. The van der Waals surface area contributed by atoms with Gasteiger partial charge in [0.1, 0.15) is 11.5 Å². The van der Waals surface area contributed by atoms with Crippen molar-refractivity contribution in [2.75, 3.05) is 11.5 Å². The number of fused-ring (bicyclic) bond motifs is 1. The Kier molecular flexibility index (Phi) is 5.05. The normalized spacial score (nSPS) is 10.5. The lowest BCUT2D eigenvalue weighted by atomic mass is 10.1. The van der Waals surface area contributed by atoms with Gasteiger partial charge in [-0.05, 0) is 48.5 Å². The summed E-state index contributed by atoms with van der Waals surface area (Å²) in [5, 5.41) is 1.26. The van der Waals surface area contributed by atoms with Crippen molar-refractivity contribution in [3.63, 3.8) is 0 Å². The Morgan fingerprint density at radius 2 is 0.967 bits per heavy atom. The van der Waals surface area contributed by atoms with Crippen molar-refractivity contribution in [1.29, 1.82) is 0 Å². The number of benzene rings is 4. The maximum absolute atomic E-state index is 12.5. The summed E-state index contributed by atoms with van der Waals surface area (Å²) in [6, 6.07) is 23.5. The topological polar surface area (TPSA) is 105 Å². The standard InChI is InChI=1S/C24H18N2O4/c25-17-7-1-5-15(13-17)23(27)29-21-11-3-10-20-19(21)9-4-12-22(20)30-24(28)16-6-2-8-18(26)14-16/h1-14H,25-26H2.